The lowest BCUT2D eigenvalue weighted by Crippen LogP contribution is -2.24. The lowest BCUT2D eigenvalue weighted by molar-refractivity contribution is -0.117. The van der Waals surface area contributed by atoms with Crippen molar-refractivity contribution in [3.63, 3.8) is 0 Å². The molecule has 4 rings (SSSR count). The van der Waals surface area contributed by atoms with Crippen molar-refractivity contribution < 1.29 is 9.59 Å². The minimum Gasteiger partial charge on any atom is -0.312 e. The van der Waals surface area contributed by atoms with E-state index in [2.05, 4.69) is 15.5 Å². The molecule has 0 bridgehead atoms. The number of rotatable bonds is 6. The Labute approximate surface area is 181 Å². The molecule has 2 aromatic carbocycles. The van der Waals surface area contributed by atoms with Crippen molar-refractivity contribution in [3.05, 3.63) is 64.6 Å². The number of aromatic nitrogens is 2. The molecule has 6 nitrogen and oxygen atoms in total. The summed E-state index contributed by atoms with van der Waals surface area (Å²) in [7, 11) is 0. The minimum atomic E-state index is -0.133. The number of thioether (sulfide) groups is 1. The molecule has 0 spiro atoms. The summed E-state index contributed by atoms with van der Waals surface area (Å²) in [5.74, 6) is 0.162. The van der Waals surface area contributed by atoms with Crippen LogP contribution in [0, 0.1) is 0 Å². The summed E-state index contributed by atoms with van der Waals surface area (Å²) in [6.45, 7) is 0.535. The van der Waals surface area contributed by atoms with Crippen molar-refractivity contribution in [2.24, 2.45) is 0 Å². The van der Waals surface area contributed by atoms with Crippen LogP contribution in [0.25, 0.3) is 0 Å². The average molecular weight is 445 g/mol. The Morgan fingerprint density at radius 2 is 1.93 bits per heavy atom. The summed E-state index contributed by atoms with van der Waals surface area (Å²) >= 11 is 8.71. The van der Waals surface area contributed by atoms with E-state index in [9.17, 15) is 9.59 Å². The molecule has 29 heavy (non-hydrogen) atoms. The molecule has 1 atom stereocenters. The number of nitrogens with one attached hydrogen (secondary N) is 1. The molecule has 1 aliphatic heterocycles. The number of nitrogens with zero attached hydrogens (tertiary/aromatic N) is 3. The van der Waals surface area contributed by atoms with Crippen LogP contribution in [0.15, 0.2) is 59.5 Å². The van der Waals surface area contributed by atoms with Gasteiger partial charge in [-0.25, -0.2) is 0 Å². The topological polar surface area (TPSA) is 75.2 Å². The Morgan fingerprint density at radius 3 is 2.69 bits per heavy atom. The molecule has 1 aromatic heterocycles. The standard InChI is InChI=1S/C20H17ClN4O2S2/c21-14-6-8-15(9-7-14)25-11-13(10-18(25)27)19-23-24-20(29-19)22-17(26)12-28-16-4-2-1-3-5-16/h1-9,13H,10-12H2,(H,22,24,26)/t13-/m1/s1. The second-order valence-electron chi connectivity index (χ2n) is 6.48. The highest BCUT2D eigenvalue weighted by atomic mass is 35.5. The fraction of sp³-hybridized carbons (Fsp3) is 0.200. The van der Waals surface area contributed by atoms with Crippen molar-refractivity contribution in [2.75, 3.05) is 22.5 Å². The van der Waals surface area contributed by atoms with Crippen molar-refractivity contribution in [1.82, 2.24) is 10.2 Å². The Kier molecular flexibility index (Phi) is 6.13. The highest BCUT2D eigenvalue weighted by molar-refractivity contribution is 8.00. The number of amides is 2. The van der Waals surface area contributed by atoms with Crippen LogP contribution in [0.1, 0.15) is 17.3 Å². The van der Waals surface area contributed by atoms with Crippen molar-refractivity contribution in [2.45, 2.75) is 17.2 Å². The zero-order valence-corrected chi connectivity index (χ0v) is 17.6. The molecule has 1 fully saturated rings. The van der Waals surface area contributed by atoms with E-state index >= 15 is 0 Å². The van der Waals surface area contributed by atoms with Crippen LogP contribution in [0.5, 0.6) is 0 Å². The molecule has 3 aromatic rings. The van der Waals surface area contributed by atoms with Crippen molar-refractivity contribution in [3.8, 4) is 0 Å². The molecular formula is C20H17ClN4O2S2. The second kappa shape index (κ2) is 8.94. The number of benzene rings is 2. The molecule has 148 valence electrons. The lowest BCUT2D eigenvalue weighted by atomic mass is 10.1. The Bertz CT molecular complexity index is 1010. The minimum absolute atomic E-state index is 0.0392. The third-order valence-corrected chi connectivity index (χ3v) is 6.68. The molecule has 0 aliphatic carbocycles. The van der Waals surface area contributed by atoms with E-state index in [0.29, 0.717) is 28.9 Å². The zero-order valence-electron chi connectivity index (χ0n) is 15.2. The van der Waals surface area contributed by atoms with E-state index in [1.807, 2.05) is 42.5 Å². The van der Waals surface area contributed by atoms with Gasteiger partial charge >= 0.3 is 0 Å². The van der Waals surface area contributed by atoms with Crippen LogP contribution in [-0.2, 0) is 9.59 Å². The summed E-state index contributed by atoms with van der Waals surface area (Å²) in [5.41, 5.74) is 0.817. The molecule has 0 radical (unpaired) electrons. The molecule has 1 N–H and O–H groups in total. The number of hydrogen-bond donors (Lipinski definition) is 1. The Hall–Kier alpha value is -2.42. The first-order chi connectivity index (χ1) is 14.1. The maximum atomic E-state index is 12.4. The first-order valence-corrected chi connectivity index (χ1v) is 11.1. The number of carbonyl (C=O) groups excluding carboxylic acids is 2. The van der Waals surface area contributed by atoms with Gasteiger partial charge in [0.25, 0.3) is 0 Å². The van der Waals surface area contributed by atoms with Crippen molar-refractivity contribution in [1.29, 1.82) is 0 Å². The monoisotopic (exact) mass is 444 g/mol. The maximum Gasteiger partial charge on any atom is 0.236 e. The van der Waals surface area contributed by atoms with Crippen LogP contribution < -0.4 is 10.2 Å². The van der Waals surface area contributed by atoms with Crippen LogP contribution in [-0.4, -0.2) is 34.3 Å². The SMILES string of the molecule is O=C(CSc1ccccc1)Nc1nnc([C@@H]2CC(=O)N(c3ccc(Cl)cc3)C2)s1. The average Bonchev–Trinajstić information content (AvgIpc) is 3.34. The molecular weight excluding hydrogens is 428 g/mol. The normalized spacial score (nSPS) is 16.2. The maximum absolute atomic E-state index is 12.4. The van der Waals surface area contributed by atoms with Gasteiger partial charge in [0.2, 0.25) is 16.9 Å². The zero-order chi connectivity index (χ0) is 20.2. The molecule has 2 heterocycles. The van der Waals surface area contributed by atoms with Crippen LogP contribution in [0.4, 0.5) is 10.8 Å². The number of halogens is 1. The largest absolute Gasteiger partial charge is 0.312 e. The quantitative estimate of drug-likeness (QED) is 0.569. The molecule has 1 saturated heterocycles. The molecule has 0 unspecified atom stereocenters. The van der Waals surface area contributed by atoms with Gasteiger partial charge in [-0.1, -0.05) is 41.1 Å². The van der Waals surface area contributed by atoms with Gasteiger partial charge in [0.05, 0.1) is 5.75 Å². The summed E-state index contributed by atoms with van der Waals surface area (Å²) in [5, 5.41) is 12.9. The molecule has 0 saturated carbocycles. The number of hydrogen-bond acceptors (Lipinski definition) is 6. The van der Waals surface area contributed by atoms with Crippen LogP contribution in [0.2, 0.25) is 5.02 Å². The van der Waals surface area contributed by atoms with E-state index in [1.165, 1.54) is 23.1 Å². The smallest absolute Gasteiger partial charge is 0.236 e. The number of carbonyl (C=O) groups is 2. The van der Waals surface area contributed by atoms with Gasteiger partial charge in [-0.3, -0.25) is 14.9 Å². The van der Waals surface area contributed by atoms with Crippen LogP contribution >= 0.6 is 34.7 Å². The second-order valence-corrected chi connectivity index (χ2v) is 8.97. The summed E-state index contributed by atoms with van der Waals surface area (Å²) in [6.07, 6.45) is 0.370. The highest BCUT2D eigenvalue weighted by Crippen LogP contribution is 2.34. The number of anilines is 2. The fourth-order valence-electron chi connectivity index (χ4n) is 3.01. The van der Waals surface area contributed by atoms with Gasteiger partial charge in [-0.05, 0) is 36.4 Å². The van der Waals surface area contributed by atoms with Gasteiger partial charge in [0.1, 0.15) is 5.01 Å². The first kappa shape index (κ1) is 19.9. The van der Waals surface area contributed by atoms with E-state index in [-0.39, 0.29) is 17.7 Å². The van der Waals surface area contributed by atoms with Gasteiger partial charge in [-0.15, -0.1) is 22.0 Å². The van der Waals surface area contributed by atoms with E-state index in [1.54, 1.807) is 17.0 Å². The molecule has 1 aliphatic rings. The Balaban J connectivity index is 1.34. The van der Waals surface area contributed by atoms with Gasteiger partial charge in [0.15, 0.2) is 0 Å². The molecule has 9 heteroatoms. The van der Waals surface area contributed by atoms with Gasteiger partial charge in [-0.2, -0.15) is 0 Å². The Morgan fingerprint density at radius 1 is 1.17 bits per heavy atom. The summed E-state index contributed by atoms with van der Waals surface area (Å²) in [4.78, 5) is 27.4. The lowest BCUT2D eigenvalue weighted by Gasteiger charge is -2.16. The third kappa shape index (κ3) is 4.95. The fourth-order valence-corrected chi connectivity index (χ4v) is 4.71. The summed E-state index contributed by atoms with van der Waals surface area (Å²) in [6, 6.07) is 16.9. The van der Waals surface area contributed by atoms with Gasteiger partial charge < -0.3 is 4.90 Å². The predicted molar refractivity (Wildman–Crippen MR) is 117 cm³/mol. The van der Waals surface area contributed by atoms with Crippen molar-refractivity contribution >= 4 is 57.3 Å². The van der Waals surface area contributed by atoms with E-state index < -0.39 is 0 Å². The van der Waals surface area contributed by atoms with E-state index in [4.69, 9.17) is 11.6 Å². The summed E-state index contributed by atoms with van der Waals surface area (Å²) < 4.78 is 0. The molecule has 2 amide bonds. The van der Waals surface area contributed by atoms with Crippen LogP contribution in [0.3, 0.4) is 0 Å². The van der Waals surface area contributed by atoms with Gasteiger partial charge in [0, 0.05) is 34.5 Å². The predicted octanol–water partition coefficient (Wildman–Crippen LogP) is 4.44. The third-order valence-electron chi connectivity index (χ3n) is 4.41. The highest BCUT2D eigenvalue weighted by Gasteiger charge is 2.34. The first-order valence-electron chi connectivity index (χ1n) is 8.95. The van der Waals surface area contributed by atoms with E-state index in [0.717, 1.165) is 15.6 Å².